The third kappa shape index (κ3) is 5.43. The molecule has 0 radical (unpaired) electrons. The van der Waals surface area contributed by atoms with Crippen LogP contribution in [0.15, 0.2) is 24.3 Å². The number of benzene rings is 1. The van der Waals surface area contributed by atoms with Crippen molar-refractivity contribution in [1.29, 1.82) is 0 Å². The third-order valence-corrected chi connectivity index (χ3v) is 4.65. The van der Waals surface area contributed by atoms with E-state index < -0.39 is 0 Å². The highest BCUT2D eigenvalue weighted by atomic mass is 35.5. The predicted octanol–water partition coefficient (Wildman–Crippen LogP) is 2.65. The molecular formula is C19H28ClN5O2. The Morgan fingerprint density at radius 1 is 1.30 bits per heavy atom. The second kappa shape index (κ2) is 10.3. The minimum atomic E-state index is -0.186. The summed E-state index contributed by atoms with van der Waals surface area (Å²) in [4.78, 5) is 12.5. The third-order valence-electron chi connectivity index (χ3n) is 4.65. The van der Waals surface area contributed by atoms with Gasteiger partial charge in [0.05, 0.1) is 18.3 Å². The molecular weight excluding hydrogens is 366 g/mol. The number of nitrogens with zero attached hydrogens (tertiary/aromatic N) is 3. The molecule has 1 amide bonds. The first-order chi connectivity index (χ1) is 12.7. The van der Waals surface area contributed by atoms with Crippen molar-refractivity contribution in [3.8, 4) is 5.75 Å². The minimum absolute atomic E-state index is 0. The topological polar surface area (TPSA) is 81.1 Å². The fourth-order valence-corrected chi connectivity index (χ4v) is 3.14. The van der Waals surface area contributed by atoms with Gasteiger partial charge in [-0.15, -0.1) is 17.5 Å². The van der Waals surface area contributed by atoms with Gasteiger partial charge in [0.2, 0.25) is 0 Å². The highest BCUT2D eigenvalue weighted by Gasteiger charge is 2.22. The molecule has 148 valence electrons. The maximum atomic E-state index is 12.5. The standard InChI is InChI=1S/C19H27N5O2.ClH/c1-3-12-26-17-6-4-15(5-7-17)13-21-19(25)18-14(2)24(23-22-18)16-8-10-20-11-9-16;/h4-7,16,20H,3,8-13H2,1-2H3,(H,21,25);1H. The first kappa shape index (κ1) is 21.2. The van der Waals surface area contributed by atoms with Crippen molar-refractivity contribution < 1.29 is 9.53 Å². The zero-order valence-corrected chi connectivity index (χ0v) is 16.7. The SMILES string of the molecule is CCCOc1ccc(CNC(=O)c2nnn(C3CCNCC3)c2C)cc1.Cl. The molecule has 1 aliphatic rings. The van der Waals surface area contributed by atoms with E-state index in [2.05, 4.69) is 27.9 Å². The van der Waals surface area contributed by atoms with Gasteiger partial charge >= 0.3 is 0 Å². The Kier molecular flexibility index (Phi) is 8.06. The van der Waals surface area contributed by atoms with Crippen molar-refractivity contribution in [2.45, 2.75) is 45.7 Å². The Hall–Kier alpha value is -2.12. The molecule has 0 saturated carbocycles. The van der Waals surface area contributed by atoms with Crippen LogP contribution in [0.5, 0.6) is 5.75 Å². The summed E-state index contributed by atoms with van der Waals surface area (Å²) in [6.07, 6.45) is 3.00. The summed E-state index contributed by atoms with van der Waals surface area (Å²) in [6.45, 7) is 7.10. The van der Waals surface area contributed by atoms with Crippen LogP contribution < -0.4 is 15.4 Å². The molecule has 0 atom stereocenters. The molecule has 2 aromatic rings. The van der Waals surface area contributed by atoms with E-state index in [1.165, 1.54) is 0 Å². The number of amides is 1. The van der Waals surface area contributed by atoms with E-state index in [1.807, 2.05) is 35.9 Å². The van der Waals surface area contributed by atoms with Crippen LogP contribution in [0.1, 0.15) is 54.0 Å². The molecule has 1 aromatic carbocycles. The largest absolute Gasteiger partial charge is 0.494 e. The van der Waals surface area contributed by atoms with E-state index in [1.54, 1.807) is 0 Å². The highest BCUT2D eigenvalue weighted by Crippen LogP contribution is 2.20. The van der Waals surface area contributed by atoms with Crippen molar-refractivity contribution >= 4 is 18.3 Å². The highest BCUT2D eigenvalue weighted by molar-refractivity contribution is 5.93. The number of aromatic nitrogens is 3. The number of carbonyl (C=O) groups excluding carboxylic acids is 1. The Balaban J connectivity index is 0.00000261. The lowest BCUT2D eigenvalue weighted by Gasteiger charge is -2.23. The average Bonchev–Trinajstić information content (AvgIpc) is 3.07. The molecule has 7 nitrogen and oxygen atoms in total. The molecule has 1 aromatic heterocycles. The van der Waals surface area contributed by atoms with Gasteiger partial charge in [0, 0.05) is 6.54 Å². The van der Waals surface area contributed by atoms with E-state index in [-0.39, 0.29) is 18.3 Å². The number of piperidine rings is 1. The van der Waals surface area contributed by atoms with Crippen molar-refractivity contribution in [1.82, 2.24) is 25.6 Å². The zero-order chi connectivity index (χ0) is 18.4. The van der Waals surface area contributed by atoms with Gasteiger partial charge in [0.1, 0.15) is 5.75 Å². The van der Waals surface area contributed by atoms with Crippen molar-refractivity contribution in [3.05, 3.63) is 41.2 Å². The number of ether oxygens (including phenoxy) is 1. The Bertz CT molecular complexity index is 726. The maximum absolute atomic E-state index is 12.5. The Morgan fingerprint density at radius 3 is 2.67 bits per heavy atom. The van der Waals surface area contributed by atoms with Crippen molar-refractivity contribution in [2.75, 3.05) is 19.7 Å². The van der Waals surface area contributed by atoms with E-state index >= 15 is 0 Å². The molecule has 1 aliphatic heterocycles. The molecule has 2 N–H and O–H groups in total. The average molecular weight is 394 g/mol. The van der Waals surface area contributed by atoms with Crippen LogP contribution in [-0.4, -0.2) is 40.6 Å². The summed E-state index contributed by atoms with van der Waals surface area (Å²) in [5.41, 5.74) is 2.26. The van der Waals surface area contributed by atoms with Gasteiger partial charge < -0.3 is 15.4 Å². The fourth-order valence-electron chi connectivity index (χ4n) is 3.14. The number of rotatable bonds is 7. The van der Waals surface area contributed by atoms with Gasteiger partial charge in [0.15, 0.2) is 5.69 Å². The monoisotopic (exact) mass is 393 g/mol. The van der Waals surface area contributed by atoms with E-state index in [9.17, 15) is 4.79 Å². The summed E-state index contributed by atoms with van der Waals surface area (Å²) in [5.74, 6) is 0.664. The maximum Gasteiger partial charge on any atom is 0.274 e. The summed E-state index contributed by atoms with van der Waals surface area (Å²) in [6, 6.07) is 8.10. The number of hydrogen-bond donors (Lipinski definition) is 2. The first-order valence-corrected chi connectivity index (χ1v) is 9.31. The molecule has 27 heavy (non-hydrogen) atoms. The lowest BCUT2D eigenvalue weighted by molar-refractivity contribution is 0.0945. The second-order valence-electron chi connectivity index (χ2n) is 6.62. The van der Waals surface area contributed by atoms with Crippen LogP contribution in [0.3, 0.4) is 0 Å². The van der Waals surface area contributed by atoms with Crippen LogP contribution in [0.25, 0.3) is 0 Å². The zero-order valence-electron chi connectivity index (χ0n) is 15.9. The number of nitrogens with one attached hydrogen (secondary N) is 2. The second-order valence-corrected chi connectivity index (χ2v) is 6.62. The fraction of sp³-hybridized carbons (Fsp3) is 0.526. The summed E-state index contributed by atoms with van der Waals surface area (Å²) in [5, 5.41) is 14.6. The van der Waals surface area contributed by atoms with Crippen LogP contribution in [0.4, 0.5) is 0 Å². The van der Waals surface area contributed by atoms with Crippen molar-refractivity contribution in [2.24, 2.45) is 0 Å². The van der Waals surface area contributed by atoms with E-state index in [0.29, 0.717) is 24.9 Å². The van der Waals surface area contributed by atoms with E-state index in [0.717, 1.165) is 49.4 Å². The quantitative estimate of drug-likeness (QED) is 0.755. The Labute approximate surface area is 166 Å². The normalized spacial score (nSPS) is 14.4. The number of hydrogen-bond acceptors (Lipinski definition) is 5. The van der Waals surface area contributed by atoms with Crippen LogP contribution >= 0.6 is 12.4 Å². The summed E-state index contributed by atoms with van der Waals surface area (Å²) >= 11 is 0. The molecule has 0 spiro atoms. The molecule has 8 heteroatoms. The van der Waals surface area contributed by atoms with Gasteiger partial charge in [-0.3, -0.25) is 4.79 Å². The van der Waals surface area contributed by atoms with Crippen LogP contribution in [-0.2, 0) is 6.54 Å². The molecule has 0 bridgehead atoms. The molecule has 0 aliphatic carbocycles. The molecule has 1 fully saturated rings. The van der Waals surface area contributed by atoms with Crippen LogP contribution in [0.2, 0.25) is 0 Å². The lowest BCUT2D eigenvalue weighted by atomic mass is 10.1. The summed E-state index contributed by atoms with van der Waals surface area (Å²) < 4.78 is 7.47. The van der Waals surface area contributed by atoms with Gasteiger partial charge in [-0.25, -0.2) is 4.68 Å². The minimum Gasteiger partial charge on any atom is -0.494 e. The molecule has 0 unspecified atom stereocenters. The summed E-state index contributed by atoms with van der Waals surface area (Å²) in [7, 11) is 0. The van der Waals surface area contributed by atoms with Gasteiger partial charge in [-0.2, -0.15) is 0 Å². The van der Waals surface area contributed by atoms with Gasteiger partial charge in [-0.1, -0.05) is 24.3 Å². The molecule has 2 heterocycles. The Morgan fingerprint density at radius 2 is 2.00 bits per heavy atom. The molecule has 3 rings (SSSR count). The number of halogens is 1. The predicted molar refractivity (Wildman–Crippen MR) is 107 cm³/mol. The van der Waals surface area contributed by atoms with Crippen molar-refractivity contribution in [3.63, 3.8) is 0 Å². The lowest BCUT2D eigenvalue weighted by Crippen LogP contribution is -2.30. The van der Waals surface area contributed by atoms with E-state index in [4.69, 9.17) is 4.74 Å². The number of carbonyl (C=O) groups is 1. The molecule has 1 saturated heterocycles. The smallest absolute Gasteiger partial charge is 0.274 e. The van der Waals surface area contributed by atoms with Crippen LogP contribution in [0, 0.1) is 6.92 Å². The van der Waals surface area contributed by atoms with Gasteiger partial charge in [-0.05, 0) is 57.0 Å². The first-order valence-electron chi connectivity index (χ1n) is 9.31. The van der Waals surface area contributed by atoms with Gasteiger partial charge in [0.25, 0.3) is 5.91 Å².